The van der Waals surface area contributed by atoms with Crippen LogP contribution >= 0.6 is 0 Å². The number of nitrogens with one attached hydrogen (secondary N) is 1. The molecular formula is C17H21NO. The lowest BCUT2D eigenvalue weighted by atomic mass is 9.78. The fourth-order valence-corrected chi connectivity index (χ4v) is 2.88. The van der Waals surface area contributed by atoms with Crippen molar-refractivity contribution in [1.29, 1.82) is 0 Å². The zero-order chi connectivity index (χ0) is 13.3. The molecule has 0 radical (unpaired) electrons. The average Bonchev–Trinajstić information content (AvgIpc) is 2.42. The second-order valence-corrected chi connectivity index (χ2v) is 5.74. The molecule has 0 unspecified atom stereocenters. The first-order chi connectivity index (χ1) is 9.22. The fraction of sp³-hybridized carbons (Fsp3) is 0.412. The van der Waals surface area contributed by atoms with Gasteiger partial charge < -0.3 is 10.1 Å². The molecule has 0 saturated heterocycles. The summed E-state index contributed by atoms with van der Waals surface area (Å²) in [6, 6.07) is 12.7. The van der Waals surface area contributed by atoms with Crippen molar-refractivity contribution in [3.8, 4) is 5.75 Å². The molecule has 1 aliphatic carbocycles. The molecule has 2 nitrogen and oxygen atoms in total. The van der Waals surface area contributed by atoms with E-state index >= 15 is 0 Å². The third-order valence-electron chi connectivity index (χ3n) is 4.37. The summed E-state index contributed by atoms with van der Waals surface area (Å²) in [5.41, 5.74) is 1.59. The Labute approximate surface area is 114 Å². The van der Waals surface area contributed by atoms with Gasteiger partial charge in [-0.25, -0.2) is 0 Å². The van der Waals surface area contributed by atoms with Crippen LogP contribution in [0.1, 0.15) is 31.7 Å². The van der Waals surface area contributed by atoms with Crippen molar-refractivity contribution in [3.63, 3.8) is 0 Å². The second-order valence-electron chi connectivity index (χ2n) is 5.74. The van der Waals surface area contributed by atoms with Gasteiger partial charge in [-0.05, 0) is 43.0 Å². The molecule has 2 aromatic carbocycles. The molecule has 1 fully saturated rings. The molecule has 1 N–H and O–H groups in total. The van der Waals surface area contributed by atoms with Gasteiger partial charge in [0.15, 0.2) is 0 Å². The third-order valence-corrected chi connectivity index (χ3v) is 4.37. The van der Waals surface area contributed by atoms with Crippen LogP contribution in [0.4, 0.5) is 0 Å². The van der Waals surface area contributed by atoms with Crippen LogP contribution in [-0.4, -0.2) is 12.6 Å². The summed E-state index contributed by atoms with van der Waals surface area (Å²) in [7, 11) is 1.75. The molecular weight excluding hydrogens is 234 g/mol. The zero-order valence-corrected chi connectivity index (χ0v) is 11.7. The fourth-order valence-electron chi connectivity index (χ4n) is 2.88. The monoisotopic (exact) mass is 255 g/mol. The minimum atomic E-state index is 0.321. The first-order valence-electron chi connectivity index (χ1n) is 7.01. The summed E-state index contributed by atoms with van der Waals surface area (Å²) in [6.45, 7) is 3.19. The number of rotatable bonds is 4. The molecule has 19 heavy (non-hydrogen) atoms. The van der Waals surface area contributed by atoms with Crippen molar-refractivity contribution in [1.82, 2.24) is 5.32 Å². The van der Waals surface area contributed by atoms with Crippen molar-refractivity contribution in [2.75, 3.05) is 7.11 Å². The van der Waals surface area contributed by atoms with E-state index in [9.17, 15) is 0 Å². The Morgan fingerprint density at radius 3 is 2.63 bits per heavy atom. The van der Waals surface area contributed by atoms with Crippen molar-refractivity contribution in [2.45, 2.75) is 38.3 Å². The van der Waals surface area contributed by atoms with Gasteiger partial charge in [0.1, 0.15) is 5.75 Å². The van der Waals surface area contributed by atoms with E-state index in [4.69, 9.17) is 4.74 Å². The summed E-state index contributed by atoms with van der Waals surface area (Å²) in [4.78, 5) is 0. The number of benzene rings is 2. The summed E-state index contributed by atoms with van der Waals surface area (Å²) in [5, 5.41) is 6.26. The van der Waals surface area contributed by atoms with Crippen LogP contribution in [0.15, 0.2) is 36.4 Å². The maximum atomic E-state index is 5.53. The molecule has 2 aromatic rings. The number of ether oxygens (including phenoxy) is 1. The van der Waals surface area contributed by atoms with Crippen LogP contribution in [0.5, 0.6) is 5.75 Å². The lowest BCUT2D eigenvalue weighted by molar-refractivity contribution is 0.206. The van der Waals surface area contributed by atoms with Crippen molar-refractivity contribution >= 4 is 10.8 Å². The molecule has 0 spiro atoms. The van der Waals surface area contributed by atoms with Crippen molar-refractivity contribution in [3.05, 3.63) is 42.0 Å². The SMILES string of the molecule is COc1ccc2ccccc2c1CNC1(C)CCC1. The van der Waals surface area contributed by atoms with Crippen LogP contribution < -0.4 is 10.1 Å². The molecule has 0 aromatic heterocycles. The normalized spacial score (nSPS) is 17.2. The molecule has 3 rings (SSSR count). The largest absolute Gasteiger partial charge is 0.496 e. The molecule has 0 heterocycles. The zero-order valence-electron chi connectivity index (χ0n) is 11.7. The van der Waals surface area contributed by atoms with Crippen LogP contribution in [-0.2, 0) is 6.54 Å². The molecule has 0 bridgehead atoms. The van der Waals surface area contributed by atoms with Gasteiger partial charge in [-0.15, -0.1) is 0 Å². The predicted molar refractivity (Wildman–Crippen MR) is 79.6 cm³/mol. The Morgan fingerprint density at radius 2 is 1.95 bits per heavy atom. The standard InChI is InChI=1S/C17H21NO/c1-17(10-5-11-17)18-12-15-14-7-4-3-6-13(14)8-9-16(15)19-2/h3-4,6-9,18H,5,10-12H2,1-2H3. The number of hydrogen-bond acceptors (Lipinski definition) is 2. The summed E-state index contributed by atoms with van der Waals surface area (Å²) < 4.78 is 5.53. The number of fused-ring (bicyclic) bond motifs is 1. The minimum Gasteiger partial charge on any atom is -0.496 e. The van der Waals surface area contributed by atoms with Crippen LogP contribution in [0, 0.1) is 0 Å². The van der Waals surface area contributed by atoms with E-state index in [-0.39, 0.29) is 0 Å². The molecule has 1 aliphatic rings. The van der Waals surface area contributed by atoms with E-state index in [1.54, 1.807) is 7.11 Å². The lowest BCUT2D eigenvalue weighted by Crippen LogP contribution is -2.47. The quantitative estimate of drug-likeness (QED) is 0.895. The second kappa shape index (κ2) is 4.86. The van der Waals surface area contributed by atoms with Gasteiger partial charge in [0.25, 0.3) is 0 Å². The lowest BCUT2D eigenvalue weighted by Gasteiger charge is -2.39. The Kier molecular flexibility index (Phi) is 3.19. The molecule has 100 valence electrons. The topological polar surface area (TPSA) is 21.3 Å². The third kappa shape index (κ3) is 2.33. The highest BCUT2D eigenvalue weighted by Gasteiger charge is 2.31. The van der Waals surface area contributed by atoms with Gasteiger partial charge in [0, 0.05) is 17.6 Å². The summed E-state index contributed by atoms with van der Waals surface area (Å²) >= 11 is 0. The van der Waals surface area contributed by atoms with Crippen molar-refractivity contribution in [2.24, 2.45) is 0 Å². The van der Waals surface area contributed by atoms with Gasteiger partial charge in [-0.1, -0.05) is 30.3 Å². The summed E-state index contributed by atoms with van der Waals surface area (Å²) in [5.74, 6) is 0.981. The van der Waals surface area contributed by atoms with Crippen LogP contribution in [0.2, 0.25) is 0 Å². The number of methoxy groups -OCH3 is 1. The summed E-state index contributed by atoms with van der Waals surface area (Å²) in [6.07, 6.45) is 3.90. The van der Waals surface area contributed by atoms with E-state index in [1.807, 2.05) is 0 Å². The highest BCUT2D eigenvalue weighted by Crippen LogP contribution is 2.33. The van der Waals surface area contributed by atoms with E-state index < -0.39 is 0 Å². The van der Waals surface area contributed by atoms with E-state index in [0.717, 1.165) is 12.3 Å². The number of hydrogen-bond donors (Lipinski definition) is 1. The van der Waals surface area contributed by atoms with Gasteiger partial charge in [0.05, 0.1) is 7.11 Å². The van der Waals surface area contributed by atoms with Gasteiger partial charge in [-0.2, -0.15) is 0 Å². The van der Waals surface area contributed by atoms with Gasteiger partial charge >= 0.3 is 0 Å². The molecule has 2 heteroatoms. The highest BCUT2D eigenvalue weighted by molar-refractivity contribution is 5.87. The van der Waals surface area contributed by atoms with Gasteiger partial charge in [0.2, 0.25) is 0 Å². The van der Waals surface area contributed by atoms with Crippen LogP contribution in [0.25, 0.3) is 10.8 Å². The maximum absolute atomic E-state index is 5.53. The Morgan fingerprint density at radius 1 is 1.16 bits per heavy atom. The van der Waals surface area contributed by atoms with E-state index in [0.29, 0.717) is 5.54 Å². The van der Waals surface area contributed by atoms with Gasteiger partial charge in [-0.3, -0.25) is 0 Å². The van der Waals surface area contributed by atoms with E-state index in [1.165, 1.54) is 35.6 Å². The van der Waals surface area contributed by atoms with Crippen molar-refractivity contribution < 1.29 is 4.74 Å². The predicted octanol–water partition coefficient (Wildman–Crippen LogP) is 3.88. The average molecular weight is 255 g/mol. The maximum Gasteiger partial charge on any atom is 0.123 e. The molecule has 0 atom stereocenters. The molecule has 0 aliphatic heterocycles. The van der Waals surface area contributed by atoms with E-state index in [2.05, 4.69) is 48.6 Å². The smallest absolute Gasteiger partial charge is 0.123 e. The van der Waals surface area contributed by atoms with Crippen LogP contribution in [0.3, 0.4) is 0 Å². The molecule has 1 saturated carbocycles. The first kappa shape index (κ1) is 12.5. The first-order valence-corrected chi connectivity index (χ1v) is 7.01. The Bertz CT molecular complexity index is 587. The highest BCUT2D eigenvalue weighted by atomic mass is 16.5. The Hall–Kier alpha value is -1.54. The molecule has 0 amide bonds. The Balaban J connectivity index is 1.95. The minimum absolute atomic E-state index is 0.321.